The molecule has 2 rings (SSSR count). The molecule has 0 saturated carbocycles. The molecule has 2 unspecified atom stereocenters. The highest BCUT2D eigenvalue weighted by Gasteiger charge is 2.36. The summed E-state index contributed by atoms with van der Waals surface area (Å²) in [5, 5.41) is 14.4. The molecule has 0 amide bonds. The van der Waals surface area contributed by atoms with E-state index in [1.807, 2.05) is 0 Å². The van der Waals surface area contributed by atoms with Crippen molar-refractivity contribution in [3.8, 4) is 0 Å². The second-order valence-electron chi connectivity index (χ2n) is 3.87. The van der Waals surface area contributed by atoms with Crippen molar-refractivity contribution >= 4 is 11.6 Å². The summed E-state index contributed by atoms with van der Waals surface area (Å²) in [5.41, 5.74) is -1.27. The van der Waals surface area contributed by atoms with Gasteiger partial charge in [-0.2, -0.15) is 5.10 Å². The Morgan fingerprint density at radius 2 is 2.06 bits per heavy atom. The number of aromatic nitrogens is 3. The van der Waals surface area contributed by atoms with Crippen LogP contribution < -0.4 is 0 Å². The molecular weight excluding hydrogens is 245 g/mol. The van der Waals surface area contributed by atoms with Crippen LogP contribution >= 0.6 is 11.6 Å². The van der Waals surface area contributed by atoms with Gasteiger partial charge in [0.15, 0.2) is 0 Å². The lowest BCUT2D eigenvalue weighted by atomic mass is 9.95. The summed E-state index contributed by atoms with van der Waals surface area (Å²) in [6.45, 7) is 1.38. The predicted molar refractivity (Wildman–Crippen MR) is 61.2 cm³/mol. The molecule has 0 aliphatic rings. The molecule has 0 fully saturated rings. The summed E-state index contributed by atoms with van der Waals surface area (Å²) in [5.74, 6) is 0. The fourth-order valence-electron chi connectivity index (χ4n) is 1.52. The summed E-state index contributed by atoms with van der Waals surface area (Å²) in [6.07, 6.45) is 0.714. The zero-order valence-corrected chi connectivity index (χ0v) is 9.84. The highest BCUT2D eigenvalue weighted by molar-refractivity contribution is 6.30. The third-order valence-electron chi connectivity index (χ3n) is 2.56. The molecule has 6 heteroatoms. The lowest BCUT2D eigenvalue weighted by Crippen LogP contribution is -2.31. The largest absolute Gasteiger partial charge is 0.380 e. The van der Waals surface area contributed by atoms with Crippen molar-refractivity contribution in [2.45, 2.75) is 18.8 Å². The number of nitrogens with zero attached hydrogens (tertiary/aromatic N) is 3. The average molecular weight is 256 g/mol. The van der Waals surface area contributed by atoms with E-state index in [9.17, 15) is 9.50 Å². The molecule has 90 valence electrons. The molecule has 0 saturated heterocycles. The minimum absolute atomic E-state index is 0.421. The topological polar surface area (TPSA) is 50.9 Å². The van der Waals surface area contributed by atoms with Crippen LogP contribution in [-0.4, -0.2) is 19.9 Å². The standard InChI is InChI=1S/C11H11ClFN3O/c1-11(17,8-2-4-9(12)5-3-8)10(13)16-7-14-6-15-16/h2-7,10,17H,1H3. The number of aliphatic hydroxyl groups is 1. The molecule has 17 heavy (non-hydrogen) atoms. The van der Waals surface area contributed by atoms with Crippen LogP contribution in [-0.2, 0) is 5.60 Å². The Hall–Kier alpha value is -1.46. The first-order valence-electron chi connectivity index (χ1n) is 4.98. The SMILES string of the molecule is CC(O)(c1ccc(Cl)cc1)C(F)n1cncn1. The van der Waals surface area contributed by atoms with Crippen molar-refractivity contribution in [1.82, 2.24) is 14.8 Å². The number of hydrogen-bond acceptors (Lipinski definition) is 3. The van der Waals surface area contributed by atoms with E-state index < -0.39 is 11.9 Å². The van der Waals surface area contributed by atoms with E-state index in [1.165, 1.54) is 19.6 Å². The molecule has 0 radical (unpaired) electrons. The highest BCUT2D eigenvalue weighted by atomic mass is 35.5. The van der Waals surface area contributed by atoms with Crippen LogP contribution in [0.15, 0.2) is 36.9 Å². The Bertz CT molecular complexity index is 484. The third-order valence-corrected chi connectivity index (χ3v) is 2.81. The second kappa shape index (κ2) is 4.43. The lowest BCUT2D eigenvalue weighted by molar-refractivity contribution is -0.0664. The van der Waals surface area contributed by atoms with E-state index in [1.54, 1.807) is 24.3 Å². The summed E-state index contributed by atoms with van der Waals surface area (Å²) >= 11 is 5.74. The zero-order chi connectivity index (χ0) is 12.5. The maximum atomic E-state index is 14.1. The van der Waals surface area contributed by atoms with Gasteiger partial charge >= 0.3 is 0 Å². The van der Waals surface area contributed by atoms with Crippen molar-refractivity contribution in [1.29, 1.82) is 0 Å². The van der Waals surface area contributed by atoms with Crippen LogP contribution in [0.2, 0.25) is 5.02 Å². The smallest absolute Gasteiger partial charge is 0.225 e. The first-order valence-corrected chi connectivity index (χ1v) is 5.36. The molecule has 0 spiro atoms. The van der Waals surface area contributed by atoms with Gasteiger partial charge < -0.3 is 5.11 Å². The molecular formula is C11H11ClFN3O. The first-order chi connectivity index (χ1) is 8.01. The van der Waals surface area contributed by atoms with Crippen LogP contribution in [0, 0.1) is 0 Å². The Labute approximate surface area is 103 Å². The van der Waals surface area contributed by atoms with Crippen molar-refractivity contribution in [2.24, 2.45) is 0 Å². The molecule has 4 nitrogen and oxygen atoms in total. The van der Waals surface area contributed by atoms with Gasteiger partial charge in [-0.1, -0.05) is 23.7 Å². The molecule has 2 aromatic rings. The zero-order valence-electron chi connectivity index (χ0n) is 9.09. The van der Waals surface area contributed by atoms with Crippen LogP contribution in [0.4, 0.5) is 4.39 Å². The Morgan fingerprint density at radius 3 is 2.59 bits per heavy atom. The summed E-state index contributed by atoms with van der Waals surface area (Å²) < 4.78 is 15.1. The fraction of sp³-hybridized carbons (Fsp3) is 0.273. The molecule has 1 heterocycles. The van der Waals surface area contributed by atoms with Gasteiger partial charge in [0.25, 0.3) is 0 Å². The maximum absolute atomic E-state index is 14.1. The molecule has 0 bridgehead atoms. The summed E-state index contributed by atoms with van der Waals surface area (Å²) in [7, 11) is 0. The van der Waals surface area contributed by atoms with Gasteiger partial charge in [0, 0.05) is 5.02 Å². The van der Waals surface area contributed by atoms with E-state index in [4.69, 9.17) is 11.6 Å². The summed E-state index contributed by atoms with van der Waals surface area (Å²) in [4.78, 5) is 3.64. The van der Waals surface area contributed by atoms with Gasteiger partial charge in [-0.3, -0.25) is 0 Å². The third kappa shape index (κ3) is 2.30. The minimum atomic E-state index is -1.72. The molecule has 1 N–H and O–H groups in total. The van der Waals surface area contributed by atoms with Gasteiger partial charge in [-0.05, 0) is 24.6 Å². The minimum Gasteiger partial charge on any atom is -0.380 e. The number of halogens is 2. The molecule has 0 aliphatic carbocycles. The molecule has 1 aromatic heterocycles. The number of rotatable bonds is 3. The lowest BCUT2D eigenvalue weighted by Gasteiger charge is -2.27. The number of benzene rings is 1. The maximum Gasteiger partial charge on any atom is 0.225 e. The van der Waals surface area contributed by atoms with Crippen LogP contribution in [0.3, 0.4) is 0 Å². The molecule has 1 aromatic carbocycles. The summed E-state index contributed by atoms with van der Waals surface area (Å²) in [6, 6.07) is 6.34. The van der Waals surface area contributed by atoms with Crippen LogP contribution in [0.1, 0.15) is 18.8 Å². The first kappa shape index (κ1) is 12.0. The van der Waals surface area contributed by atoms with E-state index in [0.29, 0.717) is 10.6 Å². The van der Waals surface area contributed by atoms with Gasteiger partial charge in [0.05, 0.1) is 0 Å². The average Bonchev–Trinajstić information content (AvgIpc) is 2.82. The van der Waals surface area contributed by atoms with Crippen LogP contribution in [0.5, 0.6) is 0 Å². The van der Waals surface area contributed by atoms with Crippen molar-refractivity contribution < 1.29 is 9.50 Å². The number of alkyl halides is 1. The Morgan fingerprint density at radius 1 is 1.41 bits per heavy atom. The Balaban J connectivity index is 2.32. The van der Waals surface area contributed by atoms with E-state index >= 15 is 0 Å². The fourth-order valence-corrected chi connectivity index (χ4v) is 1.64. The predicted octanol–water partition coefficient (Wildman–Crippen LogP) is 2.31. The molecule has 0 aliphatic heterocycles. The quantitative estimate of drug-likeness (QED) is 0.916. The monoisotopic (exact) mass is 255 g/mol. The molecule has 2 atom stereocenters. The van der Waals surface area contributed by atoms with Crippen molar-refractivity contribution in [3.05, 3.63) is 47.5 Å². The van der Waals surface area contributed by atoms with E-state index in [0.717, 1.165) is 4.68 Å². The van der Waals surface area contributed by atoms with Crippen molar-refractivity contribution in [3.63, 3.8) is 0 Å². The van der Waals surface area contributed by atoms with Gasteiger partial charge in [-0.25, -0.2) is 14.1 Å². The highest BCUT2D eigenvalue weighted by Crippen LogP contribution is 2.33. The van der Waals surface area contributed by atoms with Gasteiger partial charge in [0.1, 0.15) is 18.3 Å². The Kier molecular flexibility index (Phi) is 3.13. The van der Waals surface area contributed by atoms with E-state index in [2.05, 4.69) is 10.1 Å². The second-order valence-corrected chi connectivity index (χ2v) is 4.30. The normalized spacial score (nSPS) is 16.5. The van der Waals surface area contributed by atoms with Crippen molar-refractivity contribution in [2.75, 3.05) is 0 Å². The van der Waals surface area contributed by atoms with Gasteiger partial charge in [-0.15, -0.1) is 0 Å². The number of hydrogen-bond donors (Lipinski definition) is 1. The van der Waals surface area contributed by atoms with Gasteiger partial charge in [0.2, 0.25) is 6.30 Å². The van der Waals surface area contributed by atoms with Crippen LogP contribution in [0.25, 0.3) is 0 Å². The van der Waals surface area contributed by atoms with E-state index in [-0.39, 0.29) is 0 Å².